The molecule has 26 heavy (non-hydrogen) atoms. The van der Waals surface area contributed by atoms with Crippen LogP contribution in [0.1, 0.15) is 18.4 Å². The summed E-state index contributed by atoms with van der Waals surface area (Å²) >= 11 is 0. The number of hydrogen-bond donors (Lipinski definition) is 2. The smallest absolute Gasteiger partial charge is 0.319 e. The number of nitrogens with zero attached hydrogens (tertiary/aromatic N) is 2. The van der Waals surface area contributed by atoms with E-state index in [1.165, 1.54) is 0 Å². The van der Waals surface area contributed by atoms with Crippen molar-refractivity contribution in [2.45, 2.75) is 19.3 Å². The van der Waals surface area contributed by atoms with Crippen LogP contribution < -0.4 is 0 Å². The largest absolute Gasteiger partial charge is 0.480 e. The van der Waals surface area contributed by atoms with Crippen molar-refractivity contribution in [3.63, 3.8) is 0 Å². The zero-order valence-corrected chi connectivity index (χ0v) is 14.4. The number of carbonyl (C=O) groups excluding carboxylic acids is 2. The molecule has 2 N–H and O–H groups in total. The minimum atomic E-state index is -1.20. The van der Waals surface area contributed by atoms with Crippen molar-refractivity contribution < 1.29 is 19.5 Å². The fourth-order valence-corrected chi connectivity index (χ4v) is 3.66. The number of para-hydroxylation sites is 1. The zero-order valence-electron chi connectivity index (χ0n) is 14.4. The first-order chi connectivity index (χ1) is 12.5. The summed E-state index contributed by atoms with van der Waals surface area (Å²) in [5.74, 6) is -1.30. The van der Waals surface area contributed by atoms with Gasteiger partial charge in [0.15, 0.2) is 0 Å². The molecule has 0 unspecified atom stereocenters. The lowest BCUT2D eigenvalue weighted by Crippen LogP contribution is -2.53. The number of hydrogen-bond acceptors (Lipinski definition) is 3. The van der Waals surface area contributed by atoms with Crippen LogP contribution in [0.25, 0.3) is 10.9 Å². The maximum atomic E-state index is 12.6. The first kappa shape index (κ1) is 16.6. The fraction of sp³-hybridized carbons (Fsp3) is 0.421. The summed E-state index contributed by atoms with van der Waals surface area (Å²) in [7, 11) is 0. The molecule has 0 atom stereocenters. The van der Waals surface area contributed by atoms with Crippen molar-refractivity contribution in [1.29, 1.82) is 0 Å². The highest BCUT2D eigenvalue weighted by molar-refractivity contribution is 6.05. The number of aromatic amines is 1. The van der Waals surface area contributed by atoms with E-state index in [0.717, 1.165) is 16.5 Å². The minimum absolute atomic E-state index is 0.0289. The second kappa shape index (κ2) is 6.16. The molecular weight excluding hydrogens is 334 g/mol. The molecule has 1 aliphatic heterocycles. The topological polar surface area (TPSA) is 93.7 Å². The second-order valence-corrected chi connectivity index (χ2v) is 7.10. The Morgan fingerprint density at radius 2 is 1.69 bits per heavy atom. The number of nitrogens with one attached hydrogen (secondary N) is 1. The van der Waals surface area contributed by atoms with Gasteiger partial charge in [0, 0.05) is 43.3 Å². The molecule has 1 saturated heterocycles. The van der Waals surface area contributed by atoms with Crippen LogP contribution in [0.5, 0.6) is 0 Å². The Hall–Kier alpha value is -2.83. The highest BCUT2D eigenvalue weighted by Crippen LogP contribution is 2.47. The maximum Gasteiger partial charge on any atom is 0.319 e. The van der Waals surface area contributed by atoms with E-state index in [1.54, 1.807) is 9.80 Å². The van der Waals surface area contributed by atoms with Crippen molar-refractivity contribution in [3.8, 4) is 0 Å². The molecule has 1 aliphatic carbocycles. The summed E-state index contributed by atoms with van der Waals surface area (Å²) in [4.78, 5) is 42.9. The van der Waals surface area contributed by atoms with Gasteiger partial charge in [0.1, 0.15) is 5.41 Å². The Morgan fingerprint density at radius 1 is 1.04 bits per heavy atom. The summed E-state index contributed by atoms with van der Waals surface area (Å²) in [6.45, 7) is 1.69. The van der Waals surface area contributed by atoms with E-state index >= 15 is 0 Å². The molecule has 2 fully saturated rings. The van der Waals surface area contributed by atoms with Gasteiger partial charge in [0.2, 0.25) is 11.8 Å². The van der Waals surface area contributed by atoms with Crippen LogP contribution in [-0.2, 0) is 20.8 Å². The zero-order chi connectivity index (χ0) is 18.3. The average molecular weight is 355 g/mol. The standard InChI is InChI=1S/C19H21N3O4/c23-16(11-13-12-20-15-4-2-1-3-14(13)15)21-7-9-22(10-8-21)17(24)19(5-6-19)18(25)26/h1-4,12,20H,5-11H2,(H,25,26). The third kappa shape index (κ3) is 2.73. The molecule has 1 aromatic heterocycles. The first-order valence-electron chi connectivity index (χ1n) is 8.87. The molecule has 0 radical (unpaired) electrons. The monoisotopic (exact) mass is 355 g/mol. The van der Waals surface area contributed by atoms with Gasteiger partial charge in [0.25, 0.3) is 0 Å². The van der Waals surface area contributed by atoms with Gasteiger partial charge in [-0.15, -0.1) is 0 Å². The summed E-state index contributed by atoms with van der Waals surface area (Å²) in [6.07, 6.45) is 3.02. The lowest BCUT2D eigenvalue weighted by atomic mass is 10.1. The summed E-state index contributed by atoms with van der Waals surface area (Å²) < 4.78 is 0. The molecule has 2 heterocycles. The number of carboxylic acids is 1. The molecule has 2 aliphatic rings. The number of piperazine rings is 1. The van der Waals surface area contributed by atoms with Crippen molar-refractivity contribution in [2.24, 2.45) is 5.41 Å². The van der Waals surface area contributed by atoms with E-state index in [0.29, 0.717) is 45.4 Å². The number of H-pyrrole nitrogens is 1. The minimum Gasteiger partial charge on any atom is -0.480 e. The van der Waals surface area contributed by atoms with Crippen LogP contribution in [0.15, 0.2) is 30.5 Å². The average Bonchev–Trinajstić information content (AvgIpc) is 3.39. The quantitative estimate of drug-likeness (QED) is 0.807. The van der Waals surface area contributed by atoms with Gasteiger partial charge in [-0.25, -0.2) is 0 Å². The predicted octanol–water partition coefficient (Wildman–Crippen LogP) is 1.25. The van der Waals surface area contributed by atoms with Crippen molar-refractivity contribution >= 4 is 28.7 Å². The maximum absolute atomic E-state index is 12.6. The molecule has 2 aromatic rings. The second-order valence-electron chi connectivity index (χ2n) is 7.10. The first-order valence-corrected chi connectivity index (χ1v) is 8.87. The van der Waals surface area contributed by atoms with E-state index in [2.05, 4.69) is 4.98 Å². The van der Waals surface area contributed by atoms with Crippen LogP contribution in [-0.4, -0.2) is 63.9 Å². The van der Waals surface area contributed by atoms with Gasteiger partial charge >= 0.3 is 5.97 Å². The predicted molar refractivity (Wildman–Crippen MR) is 94.5 cm³/mol. The summed E-state index contributed by atoms with van der Waals surface area (Å²) in [6, 6.07) is 7.87. The summed E-state index contributed by atoms with van der Waals surface area (Å²) in [5, 5.41) is 10.3. The van der Waals surface area contributed by atoms with Crippen LogP contribution in [0.3, 0.4) is 0 Å². The highest BCUT2D eigenvalue weighted by atomic mass is 16.4. The van der Waals surface area contributed by atoms with Crippen LogP contribution in [0.4, 0.5) is 0 Å². The van der Waals surface area contributed by atoms with Gasteiger partial charge in [-0.2, -0.15) is 0 Å². The van der Waals surface area contributed by atoms with Crippen LogP contribution >= 0.6 is 0 Å². The molecule has 7 nitrogen and oxygen atoms in total. The molecular formula is C19H21N3O4. The van der Waals surface area contributed by atoms with Gasteiger partial charge in [-0.3, -0.25) is 14.4 Å². The lowest BCUT2D eigenvalue weighted by Gasteiger charge is -2.36. The van der Waals surface area contributed by atoms with E-state index in [4.69, 9.17) is 0 Å². The molecule has 4 rings (SSSR count). The van der Waals surface area contributed by atoms with Crippen molar-refractivity contribution in [3.05, 3.63) is 36.0 Å². The Morgan fingerprint density at radius 3 is 2.35 bits per heavy atom. The molecule has 2 amide bonds. The van der Waals surface area contributed by atoms with Gasteiger partial charge in [-0.1, -0.05) is 18.2 Å². The van der Waals surface area contributed by atoms with E-state index < -0.39 is 11.4 Å². The molecule has 7 heteroatoms. The molecule has 1 saturated carbocycles. The lowest BCUT2D eigenvalue weighted by molar-refractivity contribution is -0.155. The van der Waals surface area contributed by atoms with Crippen LogP contribution in [0, 0.1) is 5.41 Å². The fourth-order valence-electron chi connectivity index (χ4n) is 3.66. The summed E-state index contributed by atoms with van der Waals surface area (Å²) in [5.41, 5.74) is 0.775. The van der Waals surface area contributed by atoms with E-state index in [-0.39, 0.29) is 11.8 Å². The van der Waals surface area contributed by atoms with Gasteiger partial charge in [-0.05, 0) is 24.5 Å². The Kier molecular flexibility index (Phi) is 3.94. The number of fused-ring (bicyclic) bond motifs is 1. The molecule has 1 aromatic carbocycles. The number of amides is 2. The number of aliphatic carboxylic acids is 1. The number of carbonyl (C=O) groups is 3. The number of benzene rings is 1. The number of carboxylic acid groups (broad SMARTS) is 1. The molecule has 0 spiro atoms. The van der Waals surface area contributed by atoms with Crippen LogP contribution in [0.2, 0.25) is 0 Å². The normalized spacial score (nSPS) is 18.8. The van der Waals surface area contributed by atoms with Crippen molar-refractivity contribution in [1.82, 2.24) is 14.8 Å². The molecule has 136 valence electrons. The SMILES string of the molecule is O=C(Cc1c[nH]c2ccccc12)N1CCN(C(=O)C2(C(=O)O)CC2)CC1. The van der Waals surface area contributed by atoms with E-state index in [1.807, 2.05) is 30.5 Å². The number of aromatic nitrogens is 1. The third-order valence-corrected chi connectivity index (χ3v) is 5.50. The molecule has 0 bridgehead atoms. The van der Waals surface area contributed by atoms with Gasteiger partial charge in [0.05, 0.1) is 6.42 Å². The Balaban J connectivity index is 1.37. The number of rotatable bonds is 4. The Bertz CT molecular complexity index is 876. The Labute approximate surface area is 150 Å². The third-order valence-electron chi connectivity index (χ3n) is 5.50. The highest BCUT2D eigenvalue weighted by Gasteiger charge is 2.58. The van der Waals surface area contributed by atoms with Crippen molar-refractivity contribution in [2.75, 3.05) is 26.2 Å². The van der Waals surface area contributed by atoms with E-state index in [9.17, 15) is 19.5 Å². The van der Waals surface area contributed by atoms with Gasteiger partial charge < -0.3 is 19.9 Å².